The van der Waals surface area contributed by atoms with Crippen LogP contribution in [0.5, 0.6) is 0 Å². The van der Waals surface area contributed by atoms with Gasteiger partial charge in [-0.2, -0.15) is 0 Å². The smallest absolute Gasteiger partial charge is 0.289 e. The number of hydrogen-bond donors (Lipinski definition) is 1. The number of ether oxygens (including phenoxy) is 1. The van der Waals surface area contributed by atoms with Gasteiger partial charge in [-0.15, -0.1) is 0 Å². The molecule has 0 unspecified atom stereocenters. The average molecular weight is 336 g/mol. The van der Waals surface area contributed by atoms with Gasteiger partial charge in [-0.1, -0.05) is 0 Å². The Morgan fingerprint density at radius 2 is 2.04 bits per heavy atom. The maximum atomic E-state index is 12.3. The molecular weight excluding hydrogens is 308 g/mol. The van der Waals surface area contributed by atoms with E-state index in [0.29, 0.717) is 18.8 Å². The van der Waals surface area contributed by atoms with E-state index in [1.165, 1.54) is 6.26 Å². The zero-order valence-corrected chi connectivity index (χ0v) is 14.7. The number of aliphatic imine (C=N–C) groups is 1. The highest BCUT2D eigenvalue weighted by Crippen LogP contribution is 2.09. The summed E-state index contributed by atoms with van der Waals surface area (Å²) in [6, 6.07) is 3.44. The van der Waals surface area contributed by atoms with Crippen molar-refractivity contribution in [1.29, 1.82) is 0 Å². The third kappa shape index (κ3) is 5.26. The molecule has 2 rings (SSSR count). The predicted octanol–water partition coefficient (Wildman–Crippen LogP) is 1.43. The van der Waals surface area contributed by atoms with Crippen LogP contribution < -0.4 is 5.32 Å². The van der Waals surface area contributed by atoms with Gasteiger partial charge in [-0.25, -0.2) is 0 Å². The first kappa shape index (κ1) is 18.3. The number of rotatable bonds is 7. The standard InChI is InChI=1S/C17H28N4O3/c1-3-18-17(19-8-6-13-23-4-2)21-11-9-20(10-12-21)16(22)15-7-5-14-24-15/h5,7,14H,3-4,6,8-13H2,1-2H3,(H,18,19). The summed E-state index contributed by atoms with van der Waals surface area (Å²) >= 11 is 0. The molecule has 1 aromatic rings. The van der Waals surface area contributed by atoms with E-state index in [0.717, 1.165) is 51.8 Å². The molecule has 0 bridgehead atoms. The van der Waals surface area contributed by atoms with Crippen molar-refractivity contribution in [3.05, 3.63) is 24.2 Å². The molecule has 1 N–H and O–H groups in total. The first-order chi connectivity index (χ1) is 11.8. The molecule has 24 heavy (non-hydrogen) atoms. The van der Waals surface area contributed by atoms with Crippen molar-refractivity contribution in [3.8, 4) is 0 Å². The molecule has 7 heteroatoms. The van der Waals surface area contributed by atoms with Gasteiger partial charge in [0.25, 0.3) is 5.91 Å². The van der Waals surface area contributed by atoms with Crippen molar-refractivity contribution < 1.29 is 13.9 Å². The molecule has 0 atom stereocenters. The van der Waals surface area contributed by atoms with Crippen molar-refractivity contribution in [2.45, 2.75) is 20.3 Å². The Hall–Kier alpha value is -2.02. The summed E-state index contributed by atoms with van der Waals surface area (Å²) < 4.78 is 10.5. The maximum absolute atomic E-state index is 12.3. The van der Waals surface area contributed by atoms with Crippen LogP contribution in [0.2, 0.25) is 0 Å². The minimum atomic E-state index is -0.0432. The van der Waals surface area contributed by atoms with Gasteiger partial charge in [0, 0.05) is 52.5 Å². The second-order valence-electron chi connectivity index (χ2n) is 5.54. The molecule has 0 aromatic carbocycles. The van der Waals surface area contributed by atoms with Crippen molar-refractivity contribution in [3.63, 3.8) is 0 Å². The zero-order chi connectivity index (χ0) is 17.2. The number of carbonyl (C=O) groups excluding carboxylic acids is 1. The SMILES string of the molecule is CCNC(=NCCCOCC)N1CCN(C(=O)c2ccco2)CC1. The highest BCUT2D eigenvalue weighted by molar-refractivity contribution is 5.91. The number of hydrogen-bond acceptors (Lipinski definition) is 4. The molecule has 2 heterocycles. The molecule has 0 radical (unpaired) electrons. The fourth-order valence-electron chi connectivity index (χ4n) is 2.60. The lowest BCUT2D eigenvalue weighted by Crippen LogP contribution is -2.53. The zero-order valence-electron chi connectivity index (χ0n) is 14.7. The molecule has 1 aromatic heterocycles. The van der Waals surface area contributed by atoms with Gasteiger partial charge in [0.05, 0.1) is 6.26 Å². The maximum Gasteiger partial charge on any atom is 0.289 e. The number of furan rings is 1. The Labute approximate surface area is 143 Å². The molecule has 1 aliphatic rings. The van der Waals surface area contributed by atoms with Gasteiger partial charge >= 0.3 is 0 Å². The van der Waals surface area contributed by atoms with Gasteiger partial charge < -0.3 is 24.3 Å². The fraction of sp³-hybridized carbons (Fsp3) is 0.647. The Morgan fingerprint density at radius 1 is 1.29 bits per heavy atom. The first-order valence-corrected chi connectivity index (χ1v) is 8.70. The highest BCUT2D eigenvalue weighted by Gasteiger charge is 2.24. The van der Waals surface area contributed by atoms with Crippen LogP contribution in [-0.4, -0.2) is 74.1 Å². The van der Waals surface area contributed by atoms with Gasteiger partial charge in [0.15, 0.2) is 11.7 Å². The summed E-state index contributed by atoms with van der Waals surface area (Å²) in [5.41, 5.74) is 0. The number of nitrogens with zero attached hydrogens (tertiary/aromatic N) is 3. The summed E-state index contributed by atoms with van der Waals surface area (Å²) in [6.45, 7) is 9.99. The lowest BCUT2D eigenvalue weighted by molar-refractivity contribution is 0.0657. The van der Waals surface area contributed by atoms with Crippen molar-refractivity contribution in [2.24, 2.45) is 4.99 Å². The lowest BCUT2D eigenvalue weighted by Gasteiger charge is -2.36. The summed E-state index contributed by atoms with van der Waals surface area (Å²) in [6.07, 6.45) is 2.45. The average Bonchev–Trinajstić information content (AvgIpc) is 3.15. The Morgan fingerprint density at radius 3 is 2.67 bits per heavy atom. The highest BCUT2D eigenvalue weighted by atomic mass is 16.5. The Kier molecular flexibility index (Phi) is 7.61. The van der Waals surface area contributed by atoms with E-state index >= 15 is 0 Å². The van der Waals surface area contributed by atoms with Crippen LogP contribution in [-0.2, 0) is 4.74 Å². The summed E-state index contributed by atoms with van der Waals surface area (Å²) in [5.74, 6) is 1.28. The molecule has 1 saturated heterocycles. The quantitative estimate of drug-likeness (QED) is 0.463. The second kappa shape index (κ2) is 9.97. The third-order valence-electron chi connectivity index (χ3n) is 3.85. The van der Waals surface area contributed by atoms with E-state index in [1.54, 1.807) is 12.1 Å². The van der Waals surface area contributed by atoms with Crippen LogP contribution in [0.15, 0.2) is 27.8 Å². The van der Waals surface area contributed by atoms with Gasteiger partial charge in [0.2, 0.25) is 0 Å². The van der Waals surface area contributed by atoms with Crippen LogP contribution in [0.3, 0.4) is 0 Å². The summed E-state index contributed by atoms with van der Waals surface area (Å²) in [4.78, 5) is 21.0. The number of carbonyl (C=O) groups is 1. The second-order valence-corrected chi connectivity index (χ2v) is 5.54. The molecule has 1 aliphatic heterocycles. The van der Waals surface area contributed by atoms with E-state index in [4.69, 9.17) is 9.15 Å². The number of piperazine rings is 1. The Balaban J connectivity index is 1.83. The van der Waals surface area contributed by atoms with E-state index in [1.807, 2.05) is 11.8 Å². The molecule has 1 fully saturated rings. The van der Waals surface area contributed by atoms with E-state index in [-0.39, 0.29) is 5.91 Å². The predicted molar refractivity (Wildman–Crippen MR) is 93.3 cm³/mol. The largest absolute Gasteiger partial charge is 0.459 e. The van der Waals surface area contributed by atoms with Crippen LogP contribution in [0.25, 0.3) is 0 Å². The van der Waals surface area contributed by atoms with Gasteiger partial charge in [0.1, 0.15) is 0 Å². The van der Waals surface area contributed by atoms with Crippen LogP contribution >= 0.6 is 0 Å². The van der Waals surface area contributed by atoms with Gasteiger partial charge in [-0.3, -0.25) is 9.79 Å². The normalized spacial score (nSPS) is 15.7. The lowest BCUT2D eigenvalue weighted by atomic mass is 10.3. The topological polar surface area (TPSA) is 70.3 Å². The molecule has 1 amide bonds. The minimum absolute atomic E-state index is 0.0432. The van der Waals surface area contributed by atoms with E-state index in [9.17, 15) is 4.79 Å². The van der Waals surface area contributed by atoms with E-state index in [2.05, 4.69) is 22.1 Å². The molecular formula is C17H28N4O3. The number of nitrogens with one attached hydrogen (secondary N) is 1. The molecule has 0 aliphatic carbocycles. The first-order valence-electron chi connectivity index (χ1n) is 8.70. The van der Waals surface area contributed by atoms with Crippen LogP contribution in [0.1, 0.15) is 30.8 Å². The van der Waals surface area contributed by atoms with Crippen molar-refractivity contribution in [1.82, 2.24) is 15.1 Å². The number of amides is 1. The monoisotopic (exact) mass is 336 g/mol. The van der Waals surface area contributed by atoms with E-state index < -0.39 is 0 Å². The van der Waals surface area contributed by atoms with Crippen LogP contribution in [0, 0.1) is 0 Å². The molecule has 134 valence electrons. The molecule has 0 saturated carbocycles. The molecule has 7 nitrogen and oxygen atoms in total. The number of guanidine groups is 1. The Bertz CT molecular complexity index is 508. The van der Waals surface area contributed by atoms with Crippen molar-refractivity contribution in [2.75, 3.05) is 52.5 Å². The third-order valence-corrected chi connectivity index (χ3v) is 3.85. The minimum Gasteiger partial charge on any atom is -0.459 e. The van der Waals surface area contributed by atoms with Crippen molar-refractivity contribution >= 4 is 11.9 Å². The summed E-state index contributed by atoms with van der Waals surface area (Å²) in [5, 5.41) is 3.33. The fourth-order valence-corrected chi connectivity index (χ4v) is 2.60. The summed E-state index contributed by atoms with van der Waals surface area (Å²) in [7, 11) is 0. The van der Waals surface area contributed by atoms with Crippen LogP contribution in [0.4, 0.5) is 0 Å². The molecule has 0 spiro atoms. The van der Waals surface area contributed by atoms with Gasteiger partial charge in [-0.05, 0) is 32.4 Å².